The smallest absolute Gasteiger partial charge is 0.152 e. The standard InChI is InChI=1S/C23H17N3O2S/c24-12-15-7-9-16(10-8-15)22(27)18-4-1-3-17(11-18)19(13-25)14-29-21-6-2-5-20(26)23(21)28/h1-11,14,22,27-28H,26H2/b19-14+. The van der Waals surface area contributed by atoms with Gasteiger partial charge < -0.3 is 15.9 Å². The van der Waals surface area contributed by atoms with Crippen molar-refractivity contribution < 1.29 is 10.2 Å². The lowest BCUT2D eigenvalue weighted by atomic mass is 9.97. The van der Waals surface area contributed by atoms with Gasteiger partial charge in [0, 0.05) is 0 Å². The molecular weight excluding hydrogens is 382 g/mol. The molecule has 0 saturated heterocycles. The van der Waals surface area contributed by atoms with Crippen LogP contribution in [0.1, 0.15) is 28.4 Å². The Bertz CT molecular complexity index is 1140. The van der Waals surface area contributed by atoms with Gasteiger partial charge in [-0.25, -0.2) is 0 Å². The first-order valence-corrected chi connectivity index (χ1v) is 9.54. The number of hydrogen-bond acceptors (Lipinski definition) is 6. The summed E-state index contributed by atoms with van der Waals surface area (Å²) in [6.45, 7) is 0. The summed E-state index contributed by atoms with van der Waals surface area (Å²) in [5, 5.41) is 40.8. The molecule has 0 aliphatic carbocycles. The highest BCUT2D eigenvalue weighted by atomic mass is 32.2. The first kappa shape index (κ1) is 20.0. The molecular formula is C23H17N3O2S. The highest BCUT2D eigenvalue weighted by Crippen LogP contribution is 2.35. The van der Waals surface area contributed by atoms with Gasteiger partial charge in [-0.1, -0.05) is 48.2 Å². The summed E-state index contributed by atoms with van der Waals surface area (Å²) in [4.78, 5) is 0.548. The number of aromatic hydroxyl groups is 1. The average Bonchev–Trinajstić information content (AvgIpc) is 2.76. The fourth-order valence-corrected chi connectivity index (χ4v) is 3.54. The molecule has 0 aliphatic rings. The van der Waals surface area contributed by atoms with E-state index in [1.54, 1.807) is 72.1 Å². The highest BCUT2D eigenvalue weighted by molar-refractivity contribution is 8.02. The second-order valence-electron chi connectivity index (χ2n) is 6.22. The van der Waals surface area contributed by atoms with Crippen LogP contribution in [0.4, 0.5) is 5.69 Å². The van der Waals surface area contributed by atoms with Gasteiger partial charge in [-0.2, -0.15) is 10.5 Å². The summed E-state index contributed by atoms with van der Waals surface area (Å²) in [6.07, 6.45) is -0.881. The Hall–Kier alpha value is -3.71. The normalized spacial score (nSPS) is 12.0. The van der Waals surface area contributed by atoms with E-state index in [0.717, 1.165) is 0 Å². The van der Waals surface area contributed by atoms with E-state index in [-0.39, 0.29) is 11.4 Å². The van der Waals surface area contributed by atoms with E-state index in [4.69, 9.17) is 11.0 Å². The minimum Gasteiger partial charge on any atom is -0.505 e. The van der Waals surface area contributed by atoms with Crippen LogP contribution in [0.25, 0.3) is 5.57 Å². The van der Waals surface area contributed by atoms with Crippen LogP contribution in [0.15, 0.2) is 77.0 Å². The molecule has 3 rings (SSSR count). The molecule has 0 radical (unpaired) electrons. The molecule has 3 aromatic rings. The van der Waals surface area contributed by atoms with Crippen molar-refractivity contribution in [3.63, 3.8) is 0 Å². The lowest BCUT2D eigenvalue weighted by Gasteiger charge is -2.13. The molecule has 0 spiro atoms. The zero-order chi connectivity index (χ0) is 20.8. The number of allylic oxidation sites excluding steroid dienone is 1. The van der Waals surface area contributed by atoms with Crippen LogP contribution in [0.5, 0.6) is 5.75 Å². The number of rotatable bonds is 5. The second kappa shape index (κ2) is 8.99. The van der Waals surface area contributed by atoms with Crippen molar-refractivity contribution in [3.05, 3.63) is 94.4 Å². The molecule has 0 aliphatic heterocycles. The summed E-state index contributed by atoms with van der Waals surface area (Å²) >= 11 is 1.20. The number of anilines is 1. The van der Waals surface area contributed by atoms with E-state index in [1.165, 1.54) is 11.8 Å². The van der Waals surface area contributed by atoms with Crippen molar-refractivity contribution in [2.45, 2.75) is 11.0 Å². The molecule has 4 N–H and O–H groups in total. The number of nitrogens with zero attached hydrogens (tertiary/aromatic N) is 2. The fourth-order valence-electron chi connectivity index (χ4n) is 2.72. The minimum atomic E-state index is -0.881. The number of para-hydroxylation sites is 1. The quantitative estimate of drug-likeness (QED) is 0.250. The first-order valence-electron chi connectivity index (χ1n) is 8.66. The predicted octanol–water partition coefficient (Wildman–Crippen LogP) is 4.58. The molecule has 0 heterocycles. The van der Waals surface area contributed by atoms with Gasteiger partial charge in [0.15, 0.2) is 5.75 Å². The third kappa shape index (κ3) is 4.59. The number of hydrogen-bond donors (Lipinski definition) is 3. The Morgan fingerprint density at radius 2 is 1.72 bits per heavy atom. The van der Waals surface area contributed by atoms with Gasteiger partial charge >= 0.3 is 0 Å². The number of benzene rings is 3. The van der Waals surface area contributed by atoms with Crippen molar-refractivity contribution in [2.75, 3.05) is 5.73 Å². The van der Waals surface area contributed by atoms with Crippen molar-refractivity contribution in [1.82, 2.24) is 0 Å². The third-order valence-electron chi connectivity index (χ3n) is 4.32. The summed E-state index contributed by atoms with van der Waals surface area (Å²) in [5.41, 5.74) is 8.82. The number of nitriles is 2. The van der Waals surface area contributed by atoms with Gasteiger partial charge in [0.1, 0.15) is 12.2 Å². The van der Waals surface area contributed by atoms with E-state index >= 15 is 0 Å². The molecule has 142 valence electrons. The summed E-state index contributed by atoms with van der Waals surface area (Å²) in [7, 11) is 0. The van der Waals surface area contributed by atoms with E-state index in [0.29, 0.717) is 32.7 Å². The molecule has 3 aromatic carbocycles. The maximum absolute atomic E-state index is 10.7. The zero-order valence-electron chi connectivity index (χ0n) is 15.3. The van der Waals surface area contributed by atoms with Crippen LogP contribution in [0.2, 0.25) is 0 Å². The maximum atomic E-state index is 10.7. The monoisotopic (exact) mass is 399 g/mol. The molecule has 29 heavy (non-hydrogen) atoms. The molecule has 0 aromatic heterocycles. The lowest BCUT2D eigenvalue weighted by molar-refractivity contribution is 0.220. The van der Waals surface area contributed by atoms with Crippen molar-refractivity contribution in [3.8, 4) is 17.9 Å². The molecule has 0 fully saturated rings. The Balaban J connectivity index is 1.87. The van der Waals surface area contributed by atoms with Gasteiger partial charge in [0.25, 0.3) is 0 Å². The van der Waals surface area contributed by atoms with Crippen LogP contribution in [-0.2, 0) is 0 Å². The van der Waals surface area contributed by atoms with E-state index in [1.807, 2.05) is 6.07 Å². The molecule has 5 nitrogen and oxygen atoms in total. The topological polar surface area (TPSA) is 114 Å². The molecule has 0 bridgehead atoms. The maximum Gasteiger partial charge on any atom is 0.152 e. The number of nitrogen functional groups attached to an aromatic ring is 1. The lowest BCUT2D eigenvalue weighted by Crippen LogP contribution is -2.00. The largest absolute Gasteiger partial charge is 0.505 e. The number of thioether (sulfide) groups is 1. The Morgan fingerprint density at radius 3 is 2.41 bits per heavy atom. The zero-order valence-corrected chi connectivity index (χ0v) is 16.1. The third-order valence-corrected chi connectivity index (χ3v) is 5.26. The summed E-state index contributed by atoms with van der Waals surface area (Å²) in [6, 6.07) is 23.0. The van der Waals surface area contributed by atoms with E-state index < -0.39 is 6.10 Å². The molecule has 0 saturated carbocycles. The predicted molar refractivity (Wildman–Crippen MR) is 114 cm³/mol. The van der Waals surface area contributed by atoms with Gasteiger partial charge in [-0.15, -0.1) is 0 Å². The molecule has 6 heteroatoms. The van der Waals surface area contributed by atoms with Gasteiger partial charge in [-0.05, 0) is 52.4 Å². The van der Waals surface area contributed by atoms with E-state index in [9.17, 15) is 15.5 Å². The van der Waals surface area contributed by atoms with Crippen LogP contribution >= 0.6 is 11.8 Å². The Morgan fingerprint density at radius 1 is 1.00 bits per heavy atom. The second-order valence-corrected chi connectivity index (χ2v) is 7.13. The molecule has 0 amide bonds. The van der Waals surface area contributed by atoms with Crippen molar-refractivity contribution in [1.29, 1.82) is 10.5 Å². The Kier molecular flexibility index (Phi) is 6.21. The van der Waals surface area contributed by atoms with Crippen LogP contribution in [0.3, 0.4) is 0 Å². The van der Waals surface area contributed by atoms with E-state index in [2.05, 4.69) is 6.07 Å². The van der Waals surface area contributed by atoms with Crippen LogP contribution in [-0.4, -0.2) is 10.2 Å². The van der Waals surface area contributed by atoms with Gasteiger partial charge in [0.05, 0.1) is 27.8 Å². The number of phenols is 1. The van der Waals surface area contributed by atoms with Crippen LogP contribution < -0.4 is 5.73 Å². The number of aliphatic hydroxyl groups is 1. The van der Waals surface area contributed by atoms with Gasteiger partial charge in [0.2, 0.25) is 0 Å². The van der Waals surface area contributed by atoms with Gasteiger partial charge in [-0.3, -0.25) is 0 Å². The highest BCUT2D eigenvalue weighted by Gasteiger charge is 2.12. The number of nitrogens with two attached hydrogens (primary N) is 1. The minimum absolute atomic E-state index is 0.0176. The summed E-state index contributed by atoms with van der Waals surface area (Å²) in [5.74, 6) is -0.0176. The number of aliphatic hydroxyl groups excluding tert-OH is 1. The Labute approximate surface area is 173 Å². The fraction of sp³-hybridized carbons (Fsp3) is 0.0435. The SMILES string of the molecule is N#C/C(=C\Sc1cccc(N)c1O)c1cccc(C(O)c2ccc(C#N)cc2)c1. The molecule has 1 atom stereocenters. The molecule has 1 unspecified atom stereocenters. The van der Waals surface area contributed by atoms with Crippen molar-refractivity contribution in [2.24, 2.45) is 0 Å². The first-order chi connectivity index (χ1) is 14.0. The number of phenolic OH excluding ortho intramolecular Hbond substituents is 1. The summed E-state index contributed by atoms with van der Waals surface area (Å²) < 4.78 is 0. The average molecular weight is 399 g/mol. The van der Waals surface area contributed by atoms with Crippen molar-refractivity contribution >= 4 is 23.0 Å². The van der Waals surface area contributed by atoms with Crippen LogP contribution in [0, 0.1) is 22.7 Å².